The summed E-state index contributed by atoms with van der Waals surface area (Å²) in [6, 6.07) is 20.6. The lowest BCUT2D eigenvalue weighted by Gasteiger charge is -2.43. The number of ether oxygens (including phenoxy) is 1. The Morgan fingerprint density at radius 1 is 0.920 bits per heavy atom. The standard InChI is InChI=1S/C21H26O3Si/c1-17(16-20(22)23-5)24-25(21(2,3)4,18-12-8-6-9-13-18)19-14-10-7-11-15-19/h6-16H,1-5H3/b17-16+. The van der Waals surface area contributed by atoms with Crippen molar-refractivity contribution in [2.75, 3.05) is 7.11 Å². The fourth-order valence-corrected chi connectivity index (χ4v) is 7.62. The minimum absolute atomic E-state index is 0.138. The van der Waals surface area contributed by atoms with Crippen LogP contribution in [0.3, 0.4) is 0 Å². The molecule has 25 heavy (non-hydrogen) atoms. The largest absolute Gasteiger partial charge is 0.537 e. The quantitative estimate of drug-likeness (QED) is 0.356. The maximum absolute atomic E-state index is 11.7. The van der Waals surface area contributed by atoms with Crippen molar-refractivity contribution >= 4 is 24.7 Å². The molecule has 0 bridgehead atoms. The van der Waals surface area contributed by atoms with Crippen molar-refractivity contribution in [1.29, 1.82) is 0 Å². The van der Waals surface area contributed by atoms with Crippen LogP contribution in [0.1, 0.15) is 27.7 Å². The Hall–Kier alpha value is -2.33. The summed E-state index contributed by atoms with van der Waals surface area (Å²) in [7, 11) is -1.30. The third-order valence-electron chi connectivity index (χ3n) is 4.25. The van der Waals surface area contributed by atoms with Crippen LogP contribution in [0.25, 0.3) is 0 Å². The van der Waals surface area contributed by atoms with Gasteiger partial charge >= 0.3 is 14.3 Å². The molecule has 0 heterocycles. The molecule has 0 saturated carbocycles. The Morgan fingerprint density at radius 3 is 1.72 bits per heavy atom. The lowest BCUT2D eigenvalue weighted by atomic mass is 10.2. The molecule has 2 aromatic carbocycles. The van der Waals surface area contributed by atoms with E-state index < -0.39 is 14.3 Å². The second-order valence-electron chi connectivity index (χ2n) is 7.04. The van der Waals surface area contributed by atoms with Gasteiger partial charge in [-0.05, 0) is 22.3 Å². The molecule has 4 heteroatoms. The highest BCUT2D eigenvalue weighted by molar-refractivity contribution is 6.99. The Bertz CT molecular complexity index is 691. The minimum Gasteiger partial charge on any atom is -0.537 e. The van der Waals surface area contributed by atoms with Crippen LogP contribution in [0.2, 0.25) is 5.04 Å². The number of allylic oxidation sites excluding steroid dienone is 1. The molecule has 0 radical (unpaired) electrons. The zero-order chi connectivity index (χ0) is 18.5. The zero-order valence-corrected chi connectivity index (χ0v) is 16.6. The van der Waals surface area contributed by atoms with E-state index in [4.69, 9.17) is 9.16 Å². The smallest absolute Gasteiger partial charge is 0.333 e. The molecule has 2 rings (SSSR count). The maximum atomic E-state index is 11.7. The van der Waals surface area contributed by atoms with E-state index >= 15 is 0 Å². The fraction of sp³-hybridized carbons (Fsp3) is 0.286. The summed E-state index contributed by atoms with van der Waals surface area (Å²) in [5.41, 5.74) is 0. The van der Waals surface area contributed by atoms with E-state index in [2.05, 4.69) is 45.0 Å². The van der Waals surface area contributed by atoms with Gasteiger partial charge in [0.15, 0.2) is 0 Å². The van der Waals surface area contributed by atoms with Gasteiger partial charge in [0.05, 0.1) is 18.9 Å². The van der Waals surface area contributed by atoms with Gasteiger partial charge in [-0.15, -0.1) is 0 Å². The van der Waals surface area contributed by atoms with E-state index in [1.165, 1.54) is 23.6 Å². The van der Waals surface area contributed by atoms with Crippen LogP contribution < -0.4 is 10.4 Å². The molecule has 0 amide bonds. The van der Waals surface area contributed by atoms with Gasteiger partial charge in [0.25, 0.3) is 0 Å². The first-order valence-electron chi connectivity index (χ1n) is 8.37. The van der Waals surface area contributed by atoms with Gasteiger partial charge in [-0.1, -0.05) is 81.4 Å². The average Bonchev–Trinajstić information content (AvgIpc) is 2.60. The van der Waals surface area contributed by atoms with Gasteiger partial charge in [0.2, 0.25) is 0 Å². The van der Waals surface area contributed by atoms with Crippen molar-refractivity contribution in [3.05, 3.63) is 72.5 Å². The first kappa shape index (κ1) is 19.0. The summed E-state index contributed by atoms with van der Waals surface area (Å²) in [6.45, 7) is 8.41. The number of methoxy groups -OCH3 is 1. The van der Waals surface area contributed by atoms with E-state index in [1.807, 2.05) is 43.3 Å². The first-order valence-corrected chi connectivity index (χ1v) is 10.3. The summed E-state index contributed by atoms with van der Waals surface area (Å²) < 4.78 is 11.4. The first-order chi connectivity index (χ1) is 11.8. The van der Waals surface area contributed by atoms with Crippen molar-refractivity contribution in [2.45, 2.75) is 32.7 Å². The predicted molar refractivity (Wildman–Crippen MR) is 104 cm³/mol. The van der Waals surface area contributed by atoms with Gasteiger partial charge in [0.1, 0.15) is 0 Å². The summed E-state index contributed by atoms with van der Waals surface area (Å²) in [5, 5.41) is 2.21. The summed E-state index contributed by atoms with van der Waals surface area (Å²) in [6.07, 6.45) is 1.42. The number of hydrogen-bond donors (Lipinski definition) is 0. The van der Waals surface area contributed by atoms with Crippen LogP contribution in [-0.2, 0) is 14.0 Å². The summed E-state index contributed by atoms with van der Waals surface area (Å²) >= 11 is 0. The van der Waals surface area contributed by atoms with E-state index in [0.29, 0.717) is 5.76 Å². The zero-order valence-electron chi connectivity index (χ0n) is 15.6. The van der Waals surface area contributed by atoms with Crippen molar-refractivity contribution in [2.24, 2.45) is 0 Å². The molecule has 0 aliphatic rings. The van der Waals surface area contributed by atoms with Gasteiger partial charge in [-0.3, -0.25) is 0 Å². The van der Waals surface area contributed by atoms with Crippen LogP contribution in [0.5, 0.6) is 0 Å². The normalized spacial score (nSPS) is 12.6. The predicted octanol–water partition coefficient (Wildman–Crippen LogP) is 3.64. The minimum atomic E-state index is -2.67. The molecule has 0 N–H and O–H groups in total. The summed E-state index contributed by atoms with van der Waals surface area (Å²) in [5.74, 6) is 0.164. The van der Waals surface area contributed by atoms with Gasteiger partial charge < -0.3 is 9.16 Å². The third-order valence-corrected chi connectivity index (χ3v) is 9.29. The highest BCUT2D eigenvalue weighted by Crippen LogP contribution is 2.37. The highest BCUT2D eigenvalue weighted by Gasteiger charge is 2.52. The van der Waals surface area contributed by atoms with Crippen molar-refractivity contribution in [3.8, 4) is 0 Å². The van der Waals surface area contributed by atoms with E-state index in [1.54, 1.807) is 0 Å². The average molecular weight is 355 g/mol. The molecular weight excluding hydrogens is 328 g/mol. The van der Waals surface area contributed by atoms with E-state index in [0.717, 1.165) is 0 Å². The Labute approximate surface area is 151 Å². The van der Waals surface area contributed by atoms with Gasteiger partial charge in [0, 0.05) is 0 Å². The Kier molecular flexibility index (Phi) is 5.85. The Morgan fingerprint density at radius 2 is 1.36 bits per heavy atom. The van der Waals surface area contributed by atoms with Crippen LogP contribution in [-0.4, -0.2) is 21.4 Å². The molecule has 0 aliphatic heterocycles. The lowest BCUT2D eigenvalue weighted by molar-refractivity contribution is -0.135. The second-order valence-corrected chi connectivity index (χ2v) is 11.3. The van der Waals surface area contributed by atoms with Crippen LogP contribution >= 0.6 is 0 Å². The molecule has 132 valence electrons. The molecule has 3 nitrogen and oxygen atoms in total. The number of carbonyl (C=O) groups is 1. The van der Waals surface area contributed by atoms with Crippen molar-refractivity contribution in [1.82, 2.24) is 0 Å². The monoisotopic (exact) mass is 354 g/mol. The van der Waals surface area contributed by atoms with Crippen molar-refractivity contribution < 1.29 is 14.0 Å². The second kappa shape index (κ2) is 7.70. The number of hydrogen-bond acceptors (Lipinski definition) is 3. The van der Waals surface area contributed by atoms with Gasteiger partial charge in [-0.25, -0.2) is 4.79 Å². The van der Waals surface area contributed by atoms with E-state index in [9.17, 15) is 4.79 Å². The molecule has 0 saturated heterocycles. The topological polar surface area (TPSA) is 35.5 Å². The number of benzene rings is 2. The van der Waals surface area contributed by atoms with Crippen LogP contribution in [0.4, 0.5) is 0 Å². The Balaban J connectivity index is 2.69. The molecule has 0 spiro atoms. The number of rotatable bonds is 5. The van der Waals surface area contributed by atoms with Crippen molar-refractivity contribution in [3.63, 3.8) is 0 Å². The molecule has 0 aromatic heterocycles. The third kappa shape index (κ3) is 4.02. The molecule has 0 aliphatic carbocycles. The summed E-state index contributed by atoms with van der Waals surface area (Å²) in [4.78, 5) is 11.7. The van der Waals surface area contributed by atoms with E-state index in [-0.39, 0.29) is 5.04 Å². The molecular formula is C21H26O3Si. The maximum Gasteiger partial charge on any atom is 0.333 e. The van der Waals surface area contributed by atoms with Gasteiger partial charge in [-0.2, -0.15) is 0 Å². The molecule has 0 fully saturated rings. The lowest BCUT2D eigenvalue weighted by Crippen LogP contribution is -2.66. The fourth-order valence-electron chi connectivity index (χ4n) is 3.15. The molecule has 0 unspecified atom stereocenters. The number of esters is 1. The van der Waals surface area contributed by atoms with Crippen LogP contribution in [0, 0.1) is 0 Å². The SMILES string of the molecule is COC(=O)/C=C(\C)O[Si](c1ccccc1)(c1ccccc1)C(C)(C)C. The number of carbonyl (C=O) groups excluding carboxylic acids is 1. The molecule has 2 aromatic rings. The van der Waals surface area contributed by atoms with Crippen LogP contribution in [0.15, 0.2) is 72.5 Å². The highest BCUT2D eigenvalue weighted by atomic mass is 28.4. The molecule has 0 atom stereocenters.